The average Bonchev–Trinajstić information content (AvgIpc) is 1.99. The van der Waals surface area contributed by atoms with E-state index < -0.39 is 18.5 Å². The molecule has 0 radical (unpaired) electrons. The highest BCUT2D eigenvalue weighted by Crippen LogP contribution is 2.21. The minimum Gasteiger partial charge on any atom is -0.508 e. The molecular formula is C9H8F3NO2. The Morgan fingerprint density at radius 1 is 1.40 bits per heavy atom. The normalized spacial score (nSPS) is 11.1. The fourth-order valence-electron chi connectivity index (χ4n) is 0.971. The molecule has 0 saturated carbocycles. The number of aromatic hydroxyl groups is 1. The molecule has 0 unspecified atom stereocenters. The predicted octanol–water partition coefficient (Wildman–Crippen LogP) is 2.28. The highest BCUT2D eigenvalue weighted by molar-refractivity contribution is 5.91. The van der Waals surface area contributed by atoms with Gasteiger partial charge in [-0.15, -0.1) is 0 Å². The van der Waals surface area contributed by atoms with Crippen LogP contribution in [0, 0.1) is 0 Å². The number of benzene rings is 1. The molecule has 0 aromatic heterocycles. The van der Waals surface area contributed by atoms with Gasteiger partial charge in [-0.1, -0.05) is 6.07 Å². The van der Waals surface area contributed by atoms with Crippen molar-refractivity contribution >= 4 is 11.6 Å². The second-order valence-corrected chi connectivity index (χ2v) is 2.89. The lowest BCUT2D eigenvalue weighted by atomic mass is 10.3. The van der Waals surface area contributed by atoms with E-state index in [0.717, 1.165) is 6.07 Å². The first-order valence-electron chi connectivity index (χ1n) is 4.02. The SMILES string of the molecule is O=C(CC(F)(F)F)Nc1cccc(O)c1. The second-order valence-electron chi connectivity index (χ2n) is 2.89. The number of alkyl halides is 3. The topological polar surface area (TPSA) is 49.3 Å². The lowest BCUT2D eigenvalue weighted by Gasteiger charge is -2.07. The van der Waals surface area contributed by atoms with Gasteiger partial charge in [-0.25, -0.2) is 0 Å². The molecule has 0 fully saturated rings. The molecule has 1 amide bonds. The van der Waals surface area contributed by atoms with Crippen molar-refractivity contribution in [2.45, 2.75) is 12.6 Å². The minimum absolute atomic E-state index is 0.125. The maximum atomic E-state index is 11.8. The number of carbonyl (C=O) groups excluding carboxylic acids is 1. The van der Waals surface area contributed by atoms with Gasteiger partial charge < -0.3 is 10.4 Å². The first-order valence-corrected chi connectivity index (χ1v) is 4.02. The Bertz CT molecular complexity index is 363. The zero-order valence-corrected chi connectivity index (χ0v) is 7.51. The number of phenolic OH excluding ortho intramolecular Hbond substituents is 1. The third-order valence-corrected chi connectivity index (χ3v) is 1.49. The van der Waals surface area contributed by atoms with Crippen molar-refractivity contribution in [1.82, 2.24) is 0 Å². The van der Waals surface area contributed by atoms with E-state index in [1.165, 1.54) is 18.2 Å². The first-order chi connectivity index (χ1) is 6.87. The summed E-state index contributed by atoms with van der Waals surface area (Å²) in [5.74, 6) is -1.28. The molecule has 2 N–H and O–H groups in total. The van der Waals surface area contributed by atoms with Crippen LogP contribution in [-0.2, 0) is 4.79 Å². The van der Waals surface area contributed by atoms with Crippen LogP contribution < -0.4 is 5.32 Å². The summed E-state index contributed by atoms with van der Waals surface area (Å²) in [6.07, 6.45) is -6.07. The van der Waals surface area contributed by atoms with Crippen LogP contribution >= 0.6 is 0 Å². The van der Waals surface area contributed by atoms with Gasteiger partial charge in [0.25, 0.3) is 0 Å². The number of hydrogen-bond acceptors (Lipinski definition) is 2. The summed E-state index contributed by atoms with van der Waals surface area (Å²) in [5.41, 5.74) is 0.129. The molecule has 0 atom stereocenters. The fraction of sp³-hybridized carbons (Fsp3) is 0.222. The first kappa shape index (κ1) is 11.4. The molecule has 0 saturated heterocycles. The summed E-state index contributed by atoms with van der Waals surface area (Å²) in [5, 5.41) is 11.0. The Hall–Kier alpha value is -1.72. The van der Waals surface area contributed by atoms with Crippen LogP contribution in [0.3, 0.4) is 0 Å². The molecule has 1 rings (SSSR count). The number of phenols is 1. The van der Waals surface area contributed by atoms with Gasteiger partial charge in [0.05, 0.1) is 0 Å². The molecule has 82 valence electrons. The van der Waals surface area contributed by atoms with Crippen LogP contribution in [0.5, 0.6) is 5.75 Å². The summed E-state index contributed by atoms with van der Waals surface area (Å²) < 4.78 is 35.3. The Morgan fingerprint density at radius 3 is 2.60 bits per heavy atom. The van der Waals surface area contributed by atoms with Crippen molar-refractivity contribution in [3.8, 4) is 5.75 Å². The van der Waals surface area contributed by atoms with Gasteiger partial charge >= 0.3 is 6.18 Å². The van der Waals surface area contributed by atoms with Gasteiger partial charge in [-0.2, -0.15) is 13.2 Å². The van der Waals surface area contributed by atoms with E-state index in [4.69, 9.17) is 5.11 Å². The fourth-order valence-corrected chi connectivity index (χ4v) is 0.971. The van der Waals surface area contributed by atoms with Crippen molar-refractivity contribution in [2.24, 2.45) is 0 Å². The van der Waals surface area contributed by atoms with Crippen LogP contribution in [0.1, 0.15) is 6.42 Å². The van der Waals surface area contributed by atoms with Gasteiger partial charge in [0.15, 0.2) is 0 Å². The highest BCUT2D eigenvalue weighted by atomic mass is 19.4. The summed E-state index contributed by atoms with van der Waals surface area (Å²) in [4.78, 5) is 10.8. The van der Waals surface area contributed by atoms with E-state index in [-0.39, 0.29) is 11.4 Å². The van der Waals surface area contributed by atoms with Crippen LogP contribution in [-0.4, -0.2) is 17.2 Å². The molecule has 0 aliphatic heterocycles. The Morgan fingerprint density at radius 2 is 2.07 bits per heavy atom. The van der Waals surface area contributed by atoms with E-state index in [2.05, 4.69) is 0 Å². The van der Waals surface area contributed by atoms with Gasteiger partial charge in [-0.05, 0) is 12.1 Å². The lowest BCUT2D eigenvalue weighted by Crippen LogP contribution is -2.21. The van der Waals surface area contributed by atoms with E-state index in [1.807, 2.05) is 5.32 Å². The van der Waals surface area contributed by atoms with Gasteiger partial charge in [0.2, 0.25) is 5.91 Å². The van der Waals surface area contributed by atoms with Crippen molar-refractivity contribution in [3.63, 3.8) is 0 Å². The van der Waals surface area contributed by atoms with E-state index in [9.17, 15) is 18.0 Å². The number of halogens is 3. The number of carbonyl (C=O) groups is 1. The maximum absolute atomic E-state index is 11.8. The largest absolute Gasteiger partial charge is 0.508 e. The average molecular weight is 219 g/mol. The van der Waals surface area contributed by atoms with E-state index in [0.29, 0.717) is 0 Å². The number of hydrogen-bond donors (Lipinski definition) is 2. The summed E-state index contributed by atoms with van der Waals surface area (Å²) in [7, 11) is 0. The maximum Gasteiger partial charge on any atom is 0.397 e. The number of amides is 1. The molecule has 6 heteroatoms. The van der Waals surface area contributed by atoms with Gasteiger partial charge in [-0.3, -0.25) is 4.79 Å². The van der Waals surface area contributed by atoms with Crippen molar-refractivity contribution in [2.75, 3.05) is 5.32 Å². The molecule has 0 aliphatic rings. The highest BCUT2D eigenvalue weighted by Gasteiger charge is 2.31. The van der Waals surface area contributed by atoms with Gasteiger partial charge in [0, 0.05) is 11.8 Å². The number of rotatable bonds is 2. The van der Waals surface area contributed by atoms with Crippen LogP contribution in [0.4, 0.5) is 18.9 Å². The summed E-state index contributed by atoms with van der Waals surface area (Å²) in [6.45, 7) is 0. The third kappa shape index (κ3) is 4.35. The Balaban J connectivity index is 2.59. The quantitative estimate of drug-likeness (QED) is 0.801. The van der Waals surface area contributed by atoms with E-state index >= 15 is 0 Å². The standard InChI is InChI=1S/C9H8F3NO2/c10-9(11,12)5-8(15)13-6-2-1-3-7(14)4-6/h1-4,14H,5H2,(H,13,15). The van der Waals surface area contributed by atoms with Gasteiger partial charge in [0.1, 0.15) is 12.2 Å². The zero-order valence-electron chi connectivity index (χ0n) is 7.51. The Labute approximate surface area is 83.5 Å². The van der Waals surface area contributed by atoms with E-state index in [1.54, 1.807) is 0 Å². The summed E-state index contributed by atoms with van der Waals surface area (Å²) in [6, 6.07) is 5.31. The second kappa shape index (κ2) is 4.20. The predicted molar refractivity (Wildman–Crippen MR) is 47.4 cm³/mol. The van der Waals surface area contributed by atoms with Crippen molar-refractivity contribution < 1.29 is 23.1 Å². The van der Waals surface area contributed by atoms with Crippen LogP contribution in [0.25, 0.3) is 0 Å². The molecule has 1 aromatic rings. The molecule has 1 aromatic carbocycles. The molecular weight excluding hydrogens is 211 g/mol. The molecule has 3 nitrogen and oxygen atoms in total. The monoisotopic (exact) mass is 219 g/mol. The minimum atomic E-state index is -4.53. The van der Waals surface area contributed by atoms with Crippen LogP contribution in [0.2, 0.25) is 0 Å². The Kier molecular flexibility index (Phi) is 3.18. The third-order valence-electron chi connectivity index (χ3n) is 1.49. The smallest absolute Gasteiger partial charge is 0.397 e. The summed E-state index contributed by atoms with van der Waals surface area (Å²) >= 11 is 0. The van der Waals surface area contributed by atoms with Crippen molar-refractivity contribution in [1.29, 1.82) is 0 Å². The number of nitrogens with one attached hydrogen (secondary N) is 1. The lowest BCUT2D eigenvalue weighted by molar-refractivity contribution is -0.150. The van der Waals surface area contributed by atoms with Crippen LogP contribution in [0.15, 0.2) is 24.3 Å². The van der Waals surface area contributed by atoms with Crippen molar-refractivity contribution in [3.05, 3.63) is 24.3 Å². The molecule has 0 heterocycles. The molecule has 15 heavy (non-hydrogen) atoms. The molecule has 0 aliphatic carbocycles. The molecule has 0 spiro atoms. The molecule has 0 bridgehead atoms. The zero-order chi connectivity index (χ0) is 11.5. The number of anilines is 1.